The smallest absolute Gasteiger partial charge is 0.328 e. The van der Waals surface area contributed by atoms with E-state index in [2.05, 4.69) is 46.3 Å². The number of aliphatic hydroxyl groups is 1. The second kappa shape index (κ2) is 10.5. The average Bonchev–Trinajstić information content (AvgIpc) is 3.53. The number of carbonyl (C=O) groups is 2. The van der Waals surface area contributed by atoms with Crippen LogP contribution in [0.1, 0.15) is 70.9 Å². The second-order valence-electron chi connectivity index (χ2n) is 12.3. The molecule has 1 aromatic rings. The Labute approximate surface area is 230 Å². The molecule has 210 valence electrons. The number of imidazole rings is 1. The van der Waals surface area contributed by atoms with Gasteiger partial charge in [0.25, 0.3) is 5.91 Å². The minimum atomic E-state index is -0.981. The Bertz CT molecular complexity index is 1200. The summed E-state index contributed by atoms with van der Waals surface area (Å²) in [6, 6.07) is -0.847. The van der Waals surface area contributed by atoms with E-state index < -0.39 is 23.5 Å². The number of hydrogen-bond donors (Lipinski definition) is 3. The SMILES string of the molecule is C#C[C@@]1(O)CC[C@H]2[C@@H]3CCC4=C/C(=N/OCC(=O)NC(Cc5cnc[nH]5)C(=O)OC)CC[C@]4(C)[C@H]3CC[C@@]21C. The maximum atomic E-state index is 12.5. The number of nitrogens with zero attached hydrogens (tertiary/aromatic N) is 2. The maximum Gasteiger partial charge on any atom is 0.328 e. The number of H-pyrrole nitrogens is 1. The fourth-order valence-electron chi connectivity index (χ4n) is 8.26. The van der Waals surface area contributed by atoms with E-state index in [9.17, 15) is 14.7 Å². The van der Waals surface area contributed by atoms with Crippen LogP contribution in [-0.2, 0) is 25.6 Å². The first-order chi connectivity index (χ1) is 18.6. The van der Waals surface area contributed by atoms with Crippen LogP contribution in [0.3, 0.4) is 0 Å². The summed E-state index contributed by atoms with van der Waals surface area (Å²) in [7, 11) is 1.28. The average molecular weight is 537 g/mol. The van der Waals surface area contributed by atoms with Gasteiger partial charge in [-0.3, -0.25) is 4.79 Å². The normalized spacial score (nSPS) is 36.9. The number of hydrogen-bond acceptors (Lipinski definition) is 7. The Balaban J connectivity index is 1.20. The number of methoxy groups -OCH3 is 1. The number of allylic oxidation sites excluding steroid dienone is 2. The number of carbonyl (C=O) groups excluding carboxylic acids is 2. The first-order valence-corrected chi connectivity index (χ1v) is 14.1. The number of ether oxygens (including phenoxy) is 1. The molecular formula is C30H40N4O5. The van der Waals surface area contributed by atoms with Crippen LogP contribution in [0.25, 0.3) is 0 Å². The molecule has 4 aliphatic rings. The molecule has 0 radical (unpaired) electrons. The summed E-state index contributed by atoms with van der Waals surface area (Å²) in [5, 5.41) is 18.2. The van der Waals surface area contributed by atoms with Gasteiger partial charge in [-0.2, -0.15) is 0 Å². The van der Waals surface area contributed by atoms with Gasteiger partial charge in [0.1, 0.15) is 11.6 Å². The molecule has 9 heteroatoms. The zero-order valence-electron chi connectivity index (χ0n) is 23.2. The minimum absolute atomic E-state index is 0.109. The van der Waals surface area contributed by atoms with E-state index in [1.54, 1.807) is 6.20 Å². The van der Waals surface area contributed by atoms with Gasteiger partial charge in [0.15, 0.2) is 6.61 Å². The highest BCUT2D eigenvalue weighted by Crippen LogP contribution is 2.67. The molecule has 1 unspecified atom stereocenters. The van der Waals surface area contributed by atoms with Gasteiger partial charge in [0, 0.05) is 23.7 Å². The Kier molecular flexibility index (Phi) is 7.36. The van der Waals surface area contributed by atoms with E-state index in [0.717, 1.165) is 50.7 Å². The molecule has 1 aromatic heterocycles. The summed E-state index contributed by atoms with van der Waals surface area (Å²) >= 11 is 0. The van der Waals surface area contributed by atoms with Crippen molar-refractivity contribution in [2.24, 2.45) is 33.7 Å². The van der Waals surface area contributed by atoms with Gasteiger partial charge < -0.3 is 25.0 Å². The van der Waals surface area contributed by atoms with Crippen LogP contribution >= 0.6 is 0 Å². The Morgan fingerprint density at radius 3 is 2.77 bits per heavy atom. The number of esters is 1. The number of amides is 1. The Hall–Kier alpha value is -3.12. The van der Waals surface area contributed by atoms with Crippen LogP contribution < -0.4 is 5.32 Å². The molecule has 3 N–H and O–H groups in total. The van der Waals surface area contributed by atoms with Gasteiger partial charge in [0.2, 0.25) is 0 Å². The van der Waals surface area contributed by atoms with Gasteiger partial charge in [-0.15, -0.1) is 6.42 Å². The lowest BCUT2D eigenvalue weighted by atomic mass is 9.46. The molecule has 39 heavy (non-hydrogen) atoms. The monoisotopic (exact) mass is 536 g/mol. The van der Waals surface area contributed by atoms with Gasteiger partial charge in [-0.25, -0.2) is 9.78 Å². The van der Waals surface area contributed by atoms with Crippen molar-refractivity contribution in [2.45, 2.75) is 83.3 Å². The molecule has 0 aliphatic heterocycles. The highest BCUT2D eigenvalue weighted by Gasteiger charge is 2.63. The Morgan fingerprint density at radius 1 is 1.26 bits per heavy atom. The molecule has 3 fully saturated rings. The number of nitrogens with one attached hydrogen (secondary N) is 2. The summed E-state index contributed by atoms with van der Waals surface area (Å²) in [4.78, 5) is 36.9. The molecule has 4 aliphatic carbocycles. The van der Waals surface area contributed by atoms with Crippen LogP contribution in [0.2, 0.25) is 0 Å². The maximum absolute atomic E-state index is 12.5. The zero-order chi connectivity index (χ0) is 27.8. The highest BCUT2D eigenvalue weighted by atomic mass is 16.6. The van der Waals surface area contributed by atoms with Crippen molar-refractivity contribution in [1.82, 2.24) is 15.3 Å². The quantitative estimate of drug-likeness (QED) is 0.279. The largest absolute Gasteiger partial charge is 0.467 e. The van der Waals surface area contributed by atoms with Crippen molar-refractivity contribution in [2.75, 3.05) is 13.7 Å². The number of terminal acetylenes is 1. The number of aromatic amines is 1. The summed E-state index contributed by atoms with van der Waals surface area (Å²) in [6.07, 6.45) is 19.0. The fourth-order valence-corrected chi connectivity index (χ4v) is 8.26. The lowest BCUT2D eigenvalue weighted by molar-refractivity contribution is -0.145. The van der Waals surface area contributed by atoms with Crippen LogP contribution in [0.4, 0.5) is 0 Å². The predicted molar refractivity (Wildman–Crippen MR) is 145 cm³/mol. The minimum Gasteiger partial charge on any atom is -0.467 e. The zero-order valence-corrected chi connectivity index (χ0v) is 23.2. The third kappa shape index (κ3) is 4.77. The summed E-state index contributed by atoms with van der Waals surface area (Å²) in [5.74, 6) is 3.40. The molecule has 1 heterocycles. The third-order valence-corrected chi connectivity index (χ3v) is 10.5. The van der Waals surface area contributed by atoms with Gasteiger partial charge in [0.05, 0.1) is 19.1 Å². The highest BCUT2D eigenvalue weighted by molar-refractivity contribution is 5.96. The lowest BCUT2D eigenvalue weighted by Crippen LogP contribution is -2.54. The lowest BCUT2D eigenvalue weighted by Gasteiger charge is -2.58. The molecule has 0 spiro atoms. The van der Waals surface area contributed by atoms with Gasteiger partial charge >= 0.3 is 5.97 Å². The first kappa shape index (κ1) is 27.4. The van der Waals surface area contributed by atoms with Crippen LogP contribution in [0.15, 0.2) is 29.3 Å². The fraction of sp³-hybridized carbons (Fsp3) is 0.667. The van der Waals surface area contributed by atoms with E-state index in [0.29, 0.717) is 29.9 Å². The molecule has 9 nitrogen and oxygen atoms in total. The van der Waals surface area contributed by atoms with Crippen molar-refractivity contribution in [3.8, 4) is 12.3 Å². The van der Waals surface area contributed by atoms with Crippen molar-refractivity contribution in [1.29, 1.82) is 0 Å². The van der Waals surface area contributed by atoms with Crippen molar-refractivity contribution >= 4 is 17.6 Å². The van der Waals surface area contributed by atoms with E-state index in [4.69, 9.17) is 16.0 Å². The number of rotatable bonds is 7. The Morgan fingerprint density at radius 2 is 2.05 bits per heavy atom. The van der Waals surface area contributed by atoms with Crippen LogP contribution in [-0.4, -0.2) is 58.0 Å². The molecule has 0 saturated heterocycles. The number of fused-ring (bicyclic) bond motifs is 5. The molecule has 0 bridgehead atoms. The third-order valence-electron chi connectivity index (χ3n) is 10.5. The number of aromatic nitrogens is 2. The van der Waals surface area contributed by atoms with E-state index in [-0.39, 0.29) is 23.9 Å². The van der Waals surface area contributed by atoms with Crippen LogP contribution in [0, 0.1) is 40.9 Å². The van der Waals surface area contributed by atoms with Crippen molar-refractivity contribution < 1.29 is 24.3 Å². The summed E-state index contributed by atoms with van der Waals surface area (Å²) in [6.45, 7) is 4.33. The summed E-state index contributed by atoms with van der Waals surface area (Å²) < 4.78 is 4.82. The van der Waals surface area contributed by atoms with Gasteiger partial charge in [-0.1, -0.05) is 30.5 Å². The standard InChI is InChI=1S/C30H40N4O5/c1-5-30(37)13-10-24-22-7-6-19-14-20(8-11-28(19,2)23(22)9-12-29(24,30)3)34-39-17-26(35)33-25(27(36)38-4)15-21-16-31-18-32-21/h1,14,16,18,22-25,37H,6-13,15,17H2,2-4H3,(H,31,32)(H,33,35)/b34-20+/t22-,23+,24+,25?,28+,29+,30-/m1/s1. The second-order valence-corrected chi connectivity index (χ2v) is 12.3. The molecule has 1 amide bonds. The van der Waals surface area contributed by atoms with E-state index in [1.165, 1.54) is 19.0 Å². The summed E-state index contributed by atoms with van der Waals surface area (Å²) in [5.41, 5.74) is 1.91. The molecule has 5 rings (SSSR count). The first-order valence-electron chi connectivity index (χ1n) is 14.1. The van der Waals surface area contributed by atoms with Gasteiger partial charge in [-0.05, 0) is 80.6 Å². The van der Waals surface area contributed by atoms with Crippen molar-refractivity contribution in [3.63, 3.8) is 0 Å². The predicted octanol–water partition coefficient (Wildman–Crippen LogP) is 3.31. The van der Waals surface area contributed by atoms with E-state index >= 15 is 0 Å². The topological polar surface area (TPSA) is 126 Å². The number of oxime groups is 1. The van der Waals surface area contributed by atoms with E-state index in [1.807, 2.05) is 0 Å². The molecule has 0 aromatic carbocycles. The molecular weight excluding hydrogens is 496 g/mol. The molecule has 7 atom stereocenters. The van der Waals surface area contributed by atoms with Crippen LogP contribution in [0.5, 0.6) is 0 Å². The molecule has 3 saturated carbocycles. The van der Waals surface area contributed by atoms with Crippen molar-refractivity contribution in [3.05, 3.63) is 29.9 Å².